The molecule has 1 saturated heterocycles. The maximum Gasteiger partial charge on any atom is 0.230 e. The minimum Gasteiger partial charge on any atom is -0.491 e. The Morgan fingerprint density at radius 1 is 1.28 bits per heavy atom. The summed E-state index contributed by atoms with van der Waals surface area (Å²) in [6.45, 7) is 4.87. The summed E-state index contributed by atoms with van der Waals surface area (Å²) in [6, 6.07) is 7.71. The fourth-order valence-corrected chi connectivity index (χ4v) is 3.95. The Labute approximate surface area is 149 Å². The van der Waals surface area contributed by atoms with Crippen molar-refractivity contribution >= 4 is 5.91 Å². The van der Waals surface area contributed by atoms with Gasteiger partial charge in [0.25, 0.3) is 0 Å². The molecule has 5 heteroatoms. The number of hydrogen-bond donors (Lipinski definition) is 2. The zero-order valence-electron chi connectivity index (χ0n) is 15.2. The first-order valence-electron chi connectivity index (χ1n) is 9.35. The van der Waals surface area contributed by atoms with E-state index in [4.69, 9.17) is 9.47 Å². The van der Waals surface area contributed by atoms with Crippen LogP contribution in [0.25, 0.3) is 0 Å². The summed E-state index contributed by atoms with van der Waals surface area (Å²) in [7, 11) is 0. The predicted octanol–water partition coefficient (Wildman–Crippen LogP) is 2.55. The molecule has 0 aromatic heterocycles. The maximum absolute atomic E-state index is 13.1. The second-order valence-electron chi connectivity index (χ2n) is 7.49. The van der Waals surface area contributed by atoms with Gasteiger partial charge in [-0.3, -0.25) is 4.79 Å². The first kappa shape index (κ1) is 18.2. The number of nitrogens with one attached hydrogen (secondary N) is 1. The molecule has 0 radical (unpaired) electrons. The van der Waals surface area contributed by atoms with Crippen LogP contribution in [0.2, 0.25) is 0 Å². The van der Waals surface area contributed by atoms with Gasteiger partial charge in [-0.05, 0) is 50.8 Å². The lowest BCUT2D eigenvalue weighted by Crippen LogP contribution is -2.53. The number of ether oxygens (including phenoxy) is 2. The molecular weight excluding hydrogens is 318 g/mol. The van der Waals surface area contributed by atoms with E-state index in [0.717, 1.165) is 37.0 Å². The normalized spacial score (nSPS) is 25.8. The Hall–Kier alpha value is -1.59. The van der Waals surface area contributed by atoms with E-state index in [-0.39, 0.29) is 18.1 Å². The third-order valence-corrected chi connectivity index (χ3v) is 5.31. The first-order chi connectivity index (χ1) is 12.0. The van der Waals surface area contributed by atoms with Crippen LogP contribution in [0, 0.1) is 0 Å². The van der Waals surface area contributed by atoms with Crippen LogP contribution in [0.3, 0.4) is 0 Å². The van der Waals surface area contributed by atoms with Gasteiger partial charge in [0.15, 0.2) is 0 Å². The van der Waals surface area contributed by atoms with Gasteiger partial charge in [-0.2, -0.15) is 0 Å². The van der Waals surface area contributed by atoms with Gasteiger partial charge < -0.3 is 19.9 Å². The molecule has 2 fully saturated rings. The average Bonchev–Trinajstić information content (AvgIpc) is 3.08. The van der Waals surface area contributed by atoms with Crippen LogP contribution in [0.4, 0.5) is 0 Å². The van der Waals surface area contributed by atoms with Crippen molar-refractivity contribution < 1.29 is 19.4 Å². The Morgan fingerprint density at radius 3 is 2.56 bits per heavy atom. The summed E-state index contributed by atoms with van der Waals surface area (Å²) >= 11 is 0. The summed E-state index contributed by atoms with van der Waals surface area (Å²) in [6.07, 6.45) is 3.96. The van der Waals surface area contributed by atoms with Crippen molar-refractivity contribution in [3.05, 3.63) is 29.8 Å². The molecule has 2 atom stereocenters. The third kappa shape index (κ3) is 3.98. The zero-order chi connectivity index (χ0) is 17.9. The molecule has 1 heterocycles. The fourth-order valence-electron chi connectivity index (χ4n) is 3.95. The van der Waals surface area contributed by atoms with Crippen molar-refractivity contribution in [3.63, 3.8) is 0 Å². The third-order valence-electron chi connectivity index (χ3n) is 5.31. The quantitative estimate of drug-likeness (QED) is 0.859. The number of hydrogen-bond acceptors (Lipinski definition) is 4. The molecule has 5 nitrogen and oxygen atoms in total. The van der Waals surface area contributed by atoms with Gasteiger partial charge in [0.1, 0.15) is 5.75 Å². The minimum atomic E-state index is -0.627. The molecule has 2 N–H and O–H groups in total. The van der Waals surface area contributed by atoms with Gasteiger partial charge in [-0.15, -0.1) is 0 Å². The van der Waals surface area contributed by atoms with Crippen LogP contribution in [0.5, 0.6) is 5.75 Å². The van der Waals surface area contributed by atoms with Crippen LogP contribution in [-0.2, 0) is 14.9 Å². The number of carbonyl (C=O) groups is 1. The standard InChI is InChI=1S/C20H29NO4/c1-14(2)25-16-7-5-15(6-8-16)20(10-3-4-11-20)19(23)21-17-9-12-24-13-18(17)22/h5-8,14,17-18,22H,3-4,9-13H2,1-2H3,(H,21,23)/t17-,18-/m1/s1. The SMILES string of the molecule is CC(C)Oc1ccc(C2(C(=O)N[C@@H]3CCOC[C@H]3O)CCCC2)cc1. The molecule has 138 valence electrons. The average molecular weight is 347 g/mol. The van der Waals surface area contributed by atoms with Crippen molar-refractivity contribution in [1.82, 2.24) is 5.32 Å². The van der Waals surface area contributed by atoms with Crippen LogP contribution < -0.4 is 10.1 Å². The van der Waals surface area contributed by atoms with E-state index in [1.165, 1.54) is 0 Å². The van der Waals surface area contributed by atoms with Gasteiger partial charge >= 0.3 is 0 Å². The molecule has 1 aliphatic heterocycles. The van der Waals surface area contributed by atoms with Crippen LogP contribution in [0.15, 0.2) is 24.3 Å². The van der Waals surface area contributed by atoms with E-state index in [0.29, 0.717) is 19.6 Å². The fraction of sp³-hybridized carbons (Fsp3) is 0.650. The van der Waals surface area contributed by atoms with Gasteiger partial charge in [0.05, 0.1) is 30.3 Å². The minimum absolute atomic E-state index is 0.0356. The molecule has 0 unspecified atom stereocenters. The lowest BCUT2D eigenvalue weighted by atomic mass is 9.77. The Balaban J connectivity index is 1.77. The molecule has 25 heavy (non-hydrogen) atoms. The molecule has 1 aromatic rings. The highest BCUT2D eigenvalue weighted by molar-refractivity contribution is 5.89. The number of aliphatic hydroxyl groups is 1. The molecule has 1 saturated carbocycles. The van der Waals surface area contributed by atoms with Crippen LogP contribution in [-0.4, -0.2) is 42.5 Å². The zero-order valence-corrected chi connectivity index (χ0v) is 15.2. The van der Waals surface area contributed by atoms with E-state index in [9.17, 15) is 9.90 Å². The van der Waals surface area contributed by atoms with E-state index in [1.54, 1.807) is 0 Å². The predicted molar refractivity (Wildman–Crippen MR) is 95.7 cm³/mol. The lowest BCUT2D eigenvalue weighted by Gasteiger charge is -2.34. The summed E-state index contributed by atoms with van der Waals surface area (Å²) in [5, 5.41) is 13.2. The van der Waals surface area contributed by atoms with Crippen molar-refractivity contribution in [2.45, 2.75) is 69.6 Å². The van der Waals surface area contributed by atoms with Crippen molar-refractivity contribution in [2.75, 3.05) is 13.2 Å². The smallest absolute Gasteiger partial charge is 0.230 e. The van der Waals surface area contributed by atoms with Gasteiger partial charge in [-0.25, -0.2) is 0 Å². The highest BCUT2D eigenvalue weighted by Crippen LogP contribution is 2.42. The largest absolute Gasteiger partial charge is 0.491 e. The molecule has 1 amide bonds. The van der Waals surface area contributed by atoms with E-state index in [1.807, 2.05) is 38.1 Å². The van der Waals surface area contributed by atoms with Gasteiger partial charge in [0, 0.05) is 6.61 Å². The van der Waals surface area contributed by atoms with Crippen molar-refractivity contribution in [3.8, 4) is 5.75 Å². The lowest BCUT2D eigenvalue weighted by molar-refractivity contribution is -0.130. The topological polar surface area (TPSA) is 67.8 Å². The summed E-state index contributed by atoms with van der Waals surface area (Å²) in [5.41, 5.74) is 0.550. The second-order valence-corrected chi connectivity index (χ2v) is 7.49. The maximum atomic E-state index is 13.1. The number of carbonyl (C=O) groups excluding carboxylic acids is 1. The van der Waals surface area contributed by atoms with E-state index >= 15 is 0 Å². The second kappa shape index (κ2) is 7.75. The molecular formula is C20H29NO4. The van der Waals surface area contributed by atoms with E-state index in [2.05, 4.69) is 5.32 Å². The summed E-state index contributed by atoms with van der Waals surface area (Å²) in [4.78, 5) is 13.1. The number of benzene rings is 1. The Kier molecular flexibility index (Phi) is 5.64. The Bertz CT molecular complexity index is 578. The number of amides is 1. The van der Waals surface area contributed by atoms with Gasteiger partial charge in [-0.1, -0.05) is 25.0 Å². The highest BCUT2D eigenvalue weighted by atomic mass is 16.5. The van der Waals surface area contributed by atoms with Crippen LogP contribution >= 0.6 is 0 Å². The number of rotatable bonds is 5. The monoisotopic (exact) mass is 347 g/mol. The molecule has 1 aliphatic carbocycles. The van der Waals surface area contributed by atoms with Crippen molar-refractivity contribution in [1.29, 1.82) is 0 Å². The molecule has 2 aliphatic rings. The molecule has 0 spiro atoms. The molecule has 3 rings (SSSR count). The van der Waals surface area contributed by atoms with Crippen molar-refractivity contribution in [2.24, 2.45) is 0 Å². The number of aliphatic hydroxyl groups excluding tert-OH is 1. The first-order valence-corrected chi connectivity index (χ1v) is 9.35. The highest BCUT2D eigenvalue weighted by Gasteiger charge is 2.44. The van der Waals surface area contributed by atoms with Crippen LogP contribution in [0.1, 0.15) is 51.5 Å². The van der Waals surface area contributed by atoms with E-state index < -0.39 is 11.5 Å². The molecule has 1 aromatic carbocycles. The Morgan fingerprint density at radius 2 is 1.96 bits per heavy atom. The van der Waals surface area contributed by atoms with Gasteiger partial charge in [0.2, 0.25) is 5.91 Å². The molecule has 0 bridgehead atoms. The summed E-state index contributed by atoms with van der Waals surface area (Å²) < 4.78 is 11.0. The summed E-state index contributed by atoms with van der Waals surface area (Å²) in [5.74, 6) is 0.862.